The van der Waals surface area contributed by atoms with Crippen LogP contribution in [-0.4, -0.2) is 24.9 Å². The number of hydrogen-bond donors (Lipinski definition) is 1. The molecule has 1 aromatic rings. The fraction of sp³-hybridized carbons (Fsp3) is 0.500. The number of halogens is 1. The molecule has 0 bridgehead atoms. The molecule has 3 nitrogen and oxygen atoms in total. The van der Waals surface area contributed by atoms with Crippen LogP contribution in [-0.2, 0) is 0 Å². The summed E-state index contributed by atoms with van der Waals surface area (Å²) < 4.78 is 5.21. The summed E-state index contributed by atoms with van der Waals surface area (Å²) in [5.74, 6) is 1.39. The van der Waals surface area contributed by atoms with Crippen LogP contribution in [0.2, 0.25) is 0 Å². The van der Waals surface area contributed by atoms with E-state index in [4.69, 9.17) is 16.3 Å². The molecule has 1 amide bonds. The maximum atomic E-state index is 12.0. The zero-order chi connectivity index (χ0) is 13.7. The van der Waals surface area contributed by atoms with Gasteiger partial charge in [-0.3, -0.25) is 4.79 Å². The number of carbonyl (C=O) groups excluding carboxylic acids is 1. The molecule has 0 heterocycles. The topological polar surface area (TPSA) is 38.3 Å². The Bertz CT molecular complexity index is 420. The van der Waals surface area contributed by atoms with Gasteiger partial charge < -0.3 is 10.1 Å². The molecule has 0 aliphatic heterocycles. The average molecular weight is 270 g/mol. The first kappa shape index (κ1) is 14.8. The van der Waals surface area contributed by atoms with Gasteiger partial charge in [-0.25, -0.2) is 0 Å². The van der Waals surface area contributed by atoms with Crippen molar-refractivity contribution in [1.29, 1.82) is 0 Å². The Hall–Kier alpha value is -1.22. The van der Waals surface area contributed by atoms with E-state index >= 15 is 0 Å². The van der Waals surface area contributed by atoms with E-state index in [0.717, 1.165) is 11.3 Å². The molecule has 0 aliphatic carbocycles. The minimum atomic E-state index is -0.0993. The van der Waals surface area contributed by atoms with Gasteiger partial charge in [-0.1, -0.05) is 13.0 Å². The second-order valence-corrected chi connectivity index (χ2v) is 4.89. The van der Waals surface area contributed by atoms with Crippen molar-refractivity contribution in [3.63, 3.8) is 0 Å². The van der Waals surface area contributed by atoms with Gasteiger partial charge in [0.15, 0.2) is 0 Å². The lowest BCUT2D eigenvalue weighted by Gasteiger charge is -2.19. The fourth-order valence-corrected chi connectivity index (χ4v) is 1.79. The van der Waals surface area contributed by atoms with Crippen LogP contribution in [0.15, 0.2) is 18.2 Å². The first-order valence-corrected chi connectivity index (χ1v) is 6.54. The van der Waals surface area contributed by atoms with Crippen molar-refractivity contribution in [2.75, 3.05) is 13.0 Å². The molecular weight excluding hydrogens is 250 g/mol. The normalized spacial score (nSPS) is 13.8. The monoisotopic (exact) mass is 269 g/mol. The summed E-state index contributed by atoms with van der Waals surface area (Å²) in [4.78, 5) is 12.0. The lowest BCUT2D eigenvalue weighted by atomic mass is 10.1. The van der Waals surface area contributed by atoms with Gasteiger partial charge in [0.2, 0.25) is 0 Å². The molecule has 0 saturated heterocycles. The summed E-state index contributed by atoms with van der Waals surface area (Å²) in [5.41, 5.74) is 1.61. The van der Waals surface area contributed by atoms with Gasteiger partial charge >= 0.3 is 0 Å². The van der Waals surface area contributed by atoms with Gasteiger partial charge in [0.1, 0.15) is 5.75 Å². The molecule has 1 aromatic carbocycles. The van der Waals surface area contributed by atoms with E-state index in [2.05, 4.69) is 5.32 Å². The first-order chi connectivity index (χ1) is 8.49. The fourth-order valence-electron chi connectivity index (χ4n) is 1.53. The van der Waals surface area contributed by atoms with Crippen LogP contribution < -0.4 is 10.1 Å². The smallest absolute Gasteiger partial charge is 0.251 e. The first-order valence-electron chi connectivity index (χ1n) is 6.01. The van der Waals surface area contributed by atoms with E-state index in [9.17, 15) is 4.79 Å². The molecule has 1 N–H and O–H groups in total. The van der Waals surface area contributed by atoms with Crippen molar-refractivity contribution in [3.05, 3.63) is 29.3 Å². The molecule has 2 unspecified atom stereocenters. The molecule has 4 heteroatoms. The zero-order valence-corrected chi connectivity index (χ0v) is 12.0. The van der Waals surface area contributed by atoms with Crippen molar-refractivity contribution in [3.8, 4) is 5.75 Å². The Morgan fingerprint density at radius 3 is 2.67 bits per heavy atom. The molecule has 0 saturated carbocycles. The Kier molecular flexibility index (Phi) is 5.48. The Morgan fingerprint density at radius 1 is 1.44 bits per heavy atom. The van der Waals surface area contributed by atoms with Crippen molar-refractivity contribution in [2.24, 2.45) is 5.92 Å². The molecule has 0 spiro atoms. The maximum Gasteiger partial charge on any atom is 0.251 e. The standard InChI is InChI=1S/C14H20ClNO2/c1-9-5-6-12(7-13(9)18-4)14(17)16-11(3)10(2)8-15/h5-7,10-11H,8H2,1-4H3,(H,16,17). The third-order valence-electron chi connectivity index (χ3n) is 3.13. The largest absolute Gasteiger partial charge is 0.496 e. The highest BCUT2D eigenvalue weighted by atomic mass is 35.5. The van der Waals surface area contributed by atoms with E-state index < -0.39 is 0 Å². The molecular formula is C14H20ClNO2. The Balaban J connectivity index is 2.78. The quantitative estimate of drug-likeness (QED) is 0.835. The summed E-state index contributed by atoms with van der Waals surface area (Å²) >= 11 is 5.77. The maximum absolute atomic E-state index is 12.0. The van der Waals surface area contributed by atoms with Gasteiger partial charge in [0.05, 0.1) is 7.11 Å². The average Bonchev–Trinajstić information content (AvgIpc) is 2.37. The number of ether oxygens (including phenoxy) is 1. The van der Waals surface area contributed by atoms with Crippen LogP contribution in [0.4, 0.5) is 0 Å². The van der Waals surface area contributed by atoms with Gasteiger partial charge in [0.25, 0.3) is 5.91 Å². The number of nitrogens with one attached hydrogen (secondary N) is 1. The predicted octanol–water partition coefficient (Wildman–Crippen LogP) is 3.00. The van der Waals surface area contributed by atoms with Crippen LogP contribution in [0.1, 0.15) is 29.8 Å². The van der Waals surface area contributed by atoms with E-state index in [1.165, 1.54) is 0 Å². The highest BCUT2D eigenvalue weighted by Crippen LogP contribution is 2.19. The van der Waals surface area contributed by atoms with E-state index in [-0.39, 0.29) is 17.9 Å². The van der Waals surface area contributed by atoms with Gasteiger partial charge in [-0.15, -0.1) is 11.6 Å². The van der Waals surface area contributed by atoms with Crippen LogP contribution in [0.3, 0.4) is 0 Å². The van der Waals surface area contributed by atoms with Crippen LogP contribution in [0.5, 0.6) is 5.75 Å². The highest BCUT2D eigenvalue weighted by molar-refractivity contribution is 6.18. The minimum absolute atomic E-state index is 0.0438. The lowest BCUT2D eigenvalue weighted by molar-refractivity contribution is 0.0930. The number of methoxy groups -OCH3 is 1. The second kappa shape index (κ2) is 6.64. The lowest BCUT2D eigenvalue weighted by Crippen LogP contribution is -2.37. The number of hydrogen-bond acceptors (Lipinski definition) is 2. The van der Waals surface area contributed by atoms with Gasteiger partial charge in [-0.05, 0) is 37.5 Å². The highest BCUT2D eigenvalue weighted by Gasteiger charge is 2.15. The SMILES string of the molecule is COc1cc(C(=O)NC(C)C(C)CCl)ccc1C. The number of carbonyl (C=O) groups is 1. The number of amides is 1. The third kappa shape index (κ3) is 3.64. The third-order valence-corrected chi connectivity index (χ3v) is 3.61. The number of benzene rings is 1. The van der Waals surface area contributed by atoms with Crippen LogP contribution in [0.25, 0.3) is 0 Å². The molecule has 2 atom stereocenters. The number of rotatable bonds is 5. The molecule has 18 heavy (non-hydrogen) atoms. The summed E-state index contributed by atoms with van der Waals surface area (Å²) in [5, 5.41) is 2.94. The predicted molar refractivity (Wildman–Crippen MR) is 74.5 cm³/mol. The molecule has 0 radical (unpaired) electrons. The molecule has 0 aromatic heterocycles. The van der Waals surface area contributed by atoms with E-state index in [1.807, 2.05) is 26.8 Å². The second-order valence-electron chi connectivity index (χ2n) is 4.58. The molecule has 100 valence electrons. The van der Waals surface area contributed by atoms with E-state index in [0.29, 0.717) is 11.4 Å². The van der Waals surface area contributed by atoms with Gasteiger partial charge in [0, 0.05) is 17.5 Å². The summed E-state index contributed by atoms with van der Waals surface area (Å²) in [7, 11) is 1.60. The van der Waals surface area contributed by atoms with Crippen molar-refractivity contribution >= 4 is 17.5 Å². The van der Waals surface area contributed by atoms with Gasteiger partial charge in [-0.2, -0.15) is 0 Å². The number of alkyl halides is 1. The summed E-state index contributed by atoms with van der Waals surface area (Å²) in [6, 6.07) is 5.47. The molecule has 1 rings (SSSR count). The molecule has 0 aliphatic rings. The zero-order valence-electron chi connectivity index (χ0n) is 11.3. The summed E-state index contributed by atoms with van der Waals surface area (Å²) in [6.07, 6.45) is 0. The van der Waals surface area contributed by atoms with E-state index in [1.54, 1.807) is 19.2 Å². The van der Waals surface area contributed by atoms with Crippen LogP contribution >= 0.6 is 11.6 Å². The van der Waals surface area contributed by atoms with Crippen molar-refractivity contribution < 1.29 is 9.53 Å². The van der Waals surface area contributed by atoms with Crippen LogP contribution in [0, 0.1) is 12.8 Å². The number of aryl methyl sites for hydroxylation is 1. The Morgan fingerprint density at radius 2 is 2.11 bits per heavy atom. The molecule has 0 fully saturated rings. The minimum Gasteiger partial charge on any atom is -0.496 e. The summed E-state index contributed by atoms with van der Waals surface area (Å²) in [6.45, 7) is 5.91. The van der Waals surface area contributed by atoms with Crippen molar-refractivity contribution in [1.82, 2.24) is 5.32 Å². The van der Waals surface area contributed by atoms with Crippen molar-refractivity contribution in [2.45, 2.75) is 26.8 Å². The Labute approximate surface area is 113 Å².